The Kier molecular flexibility index (Phi) is 8.04. The van der Waals surface area contributed by atoms with Crippen molar-refractivity contribution in [3.05, 3.63) is 53.9 Å². The van der Waals surface area contributed by atoms with E-state index >= 15 is 4.39 Å². The summed E-state index contributed by atoms with van der Waals surface area (Å²) in [7, 11) is 0. The molecule has 2 aliphatic heterocycles. The van der Waals surface area contributed by atoms with Crippen LogP contribution in [0.4, 0.5) is 27.4 Å². The number of nitrogens with one attached hydrogen (secondary N) is 2. The van der Waals surface area contributed by atoms with Crippen LogP contribution in [0.15, 0.2) is 36.9 Å². The van der Waals surface area contributed by atoms with Crippen LogP contribution in [0.3, 0.4) is 0 Å². The van der Waals surface area contributed by atoms with E-state index in [1.165, 1.54) is 13.0 Å². The fourth-order valence-electron chi connectivity index (χ4n) is 4.67. The fraction of sp³-hybridized carbons (Fsp3) is 0.423. The molecule has 0 bridgehead atoms. The Morgan fingerprint density at radius 2 is 1.89 bits per heavy atom. The molecule has 9 nitrogen and oxygen atoms in total. The van der Waals surface area contributed by atoms with Crippen LogP contribution in [0.5, 0.6) is 0 Å². The molecule has 0 radical (unpaired) electrons. The second-order valence-corrected chi connectivity index (χ2v) is 9.08. The number of likely N-dealkylation sites (tertiary alicyclic amines) is 1. The first-order valence-electron chi connectivity index (χ1n) is 12.2. The summed E-state index contributed by atoms with van der Waals surface area (Å²) in [4.78, 5) is 32.8. The second-order valence-electron chi connectivity index (χ2n) is 9.08. The lowest BCUT2D eigenvalue weighted by Gasteiger charge is -2.29. The van der Waals surface area contributed by atoms with Crippen LogP contribution < -0.4 is 21.3 Å². The first-order chi connectivity index (χ1) is 17.4. The van der Waals surface area contributed by atoms with E-state index in [1.807, 2.05) is 24.3 Å². The summed E-state index contributed by atoms with van der Waals surface area (Å²) < 4.78 is 20.7. The lowest BCUT2D eigenvalue weighted by Crippen LogP contribution is -2.38. The van der Waals surface area contributed by atoms with Gasteiger partial charge < -0.3 is 30.9 Å². The maximum atomic E-state index is 15.3. The van der Waals surface area contributed by atoms with Gasteiger partial charge in [0.05, 0.1) is 18.8 Å². The number of nitrogens with two attached hydrogens (primary N) is 1. The minimum atomic E-state index is -0.768. The number of morpholine rings is 1. The number of aromatic nitrogens is 1. The van der Waals surface area contributed by atoms with E-state index in [4.69, 9.17) is 10.5 Å². The van der Waals surface area contributed by atoms with Crippen LogP contribution in [-0.4, -0.2) is 67.1 Å². The molecule has 3 heterocycles. The fourth-order valence-corrected chi connectivity index (χ4v) is 4.67. The molecular formula is C26H33FN6O3. The van der Waals surface area contributed by atoms with Crippen molar-refractivity contribution in [3.8, 4) is 0 Å². The first-order valence-corrected chi connectivity index (χ1v) is 12.2. The minimum Gasteiger partial charge on any atom is -0.378 e. The minimum absolute atomic E-state index is 0.000339. The monoisotopic (exact) mass is 496 g/mol. The molecule has 2 saturated heterocycles. The number of carbonyl (C=O) groups is 2. The number of carbonyl (C=O) groups excluding carboxylic acids is 2. The van der Waals surface area contributed by atoms with Crippen LogP contribution in [0.25, 0.3) is 0 Å². The predicted molar refractivity (Wildman–Crippen MR) is 138 cm³/mol. The Hall–Kier alpha value is -3.66. The van der Waals surface area contributed by atoms with Crippen LogP contribution in [-0.2, 0) is 9.53 Å². The average Bonchev–Trinajstić information content (AvgIpc) is 3.13. The number of benzene rings is 1. The van der Waals surface area contributed by atoms with E-state index in [0.29, 0.717) is 32.0 Å². The number of hydrogen-bond acceptors (Lipinski definition) is 7. The van der Waals surface area contributed by atoms with E-state index in [-0.39, 0.29) is 34.7 Å². The van der Waals surface area contributed by atoms with Crippen molar-refractivity contribution in [3.63, 3.8) is 0 Å². The SMILES string of the molecule is C=CC(=O)N1CCCCC(Nc2nc(Nc3ccc(N4CCOCC4)cc3)c(C(N)=O)c(C)c2F)C1. The quantitative estimate of drug-likeness (QED) is 0.505. The van der Waals surface area contributed by atoms with Crippen molar-refractivity contribution in [1.82, 2.24) is 9.88 Å². The number of primary amides is 1. The highest BCUT2D eigenvalue weighted by Gasteiger charge is 2.25. The van der Waals surface area contributed by atoms with E-state index in [2.05, 4.69) is 27.1 Å². The van der Waals surface area contributed by atoms with Gasteiger partial charge in [0.1, 0.15) is 5.82 Å². The number of rotatable bonds is 7. The predicted octanol–water partition coefficient (Wildman–Crippen LogP) is 3.19. The van der Waals surface area contributed by atoms with E-state index in [0.717, 1.165) is 38.0 Å². The standard InChI is InChI=1S/C26H33FN6O3/c1-3-21(34)33-11-5-4-6-19(16-33)30-26-23(27)17(2)22(24(28)35)25(31-26)29-18-7-9-20(10-8-18)32-12-14-36-15-13-32/h3,7-10,19H,1,4-6,11-16H2,2H3,(H2,28,35)(H2,29,30,31). The highest BCUT2D eigenvalue weighted by atomic mass is 19.1. The number of ether oxygens (including phenoxy) is 1. The molecule has 4 rings (SSSR count). The van der Waals surface area contributed by atoms with E-state index in [1.54, 1.807) is 4.90 Å². The number of amides is 2. The molecule has 2 aromatic rings. The van der Waals surface area contributed by atoms with Gasteiger partial charge in [-0.25, -0.2) is 9.37 Å². The number of pyridine rings is 1. The summed E-state index contributed by atoms with van der Waals surface area (Å²) in [5.41, 5.74) is 7.47. The van der Waals surface area contributed by atoms with Crippen molar-refractivity contribution in [2.45, 2.75) is 32.2 Å². The molecule has 2 amide bonds. The smallest absolute Gasteiger partial charge is 0.252 e. The number of halogens is 1. The largest absolute Gasteiger partial charge is 0.378 e. The van der Waals surface area contributed by atoms with Gasteiger partial charge in [-0.05, 0) is 56.5 Å². The van der Waals surface area contributed by atoms with Gasteiger partial charge in [-0.3, -0.25) is 9.59 Å². The van der Waals surface area contributed by atoms with Gasteiger partial charge >= 0.3 is 0 Å². The molecule has 1 aromatic heterocycles. The van der Waals surface area contributed by atoms with Crippen LogP contribution in [0.2, 0.25) is 0 Å². The van der Waals surface area contributed by atoms with Crippen molar-refractivity contribution < 1.29 is 18.7 Å². The third-order valence-corrected chi connectivity index (χ3v) is 6.62. The summed E-state index contributed by atoms with van der Waals surface area (Å²) in [6, 6.07) is 7.52. The molecule has 2 fully saturated rings. The third-order valence-electron chi connectivity index (χ3n) is 6.62. The molecular weight excluding hydrogens is 463 g/mol. The molecule has 0 saturated carbocycles. The van der Waals surface area contributed by atoms with Crippen molar-refractivity contribution in [1.29, 1.82) is 0 Å². The van der Waals surface area contributed by atoms with Crippen LogP contribution >= 0.6 is 0 Å². The summed E-state index contributed by atoms with van der Waals surface area (Å²) in [6.45, 7) is 9.15. The molecule has 4 N–H and O–H groups in total. The summed E-state index contributed by atoms with van der Waals surface area (Å²) in [5.74, 6) is -1.36. The number of hydrogen-bond donors (Lipinski definition) is 3. The van der Waals surface area contributed by atoms with Gasteiger partial charge in [0.2, 0.25) is 5.91 Å². The highest BCUT2D eigenvalue weighted by Crippen LogP contribution is 2.30. The molecule has 1 aromatic carbocycles. The lowest BCUT2D eigenvalue weighted by atomic mass is 10.1. The van der Waals surface area contributed by atoms with E-state index < -0.39 is 11.7 Å². The molecule has 192 valence electrons. The third kappa shape index (κ3) is 5.76. The van der Waals surface area contributed by atoms with Gasteiger partial charge in [-0.15, -0.1) is 0 Å². The topological polar surface area (TPSA) is 113 Å². The molecule has 2 aliphatic rings. The highest BCUT2D eigenvalue weighted by molar-refractivity contribution is 6.00. The summed E-state index contributed by atoms with van der Waals surface area (Å²) >= 11 is 0. The first kappa shape index (κ1) is 25.4. The zero-order valence-electron chi connectivity index (χ0n) is 20.6. The maximum Gasteiger partial charge on any atom is 0.252 e. The lowest BCUT2D eigenvalue weighted by molar-refractivity contribution is -0.126. The Bertz CT molecular complexity index is 1120. The molecule has 1 unspecified atom stereocenters. The zero-order chi connectivity index (χ0) is 25.7. The molecule has 10 heteroatoms. The van der Waals surface area contributed by atoms with Gasteiger partial charge in [0, 0.05) is 49.2 Å². The Morgan fingerprint density at radius 3 is 2.56 bits per heavy atom. The summed E-state index contributed by atoms with van der Waals surface area (Å²) in [5, 5.41) is 6.30. The van der Waals surface area contributed by atoms with E-state index in [9.17, 15) is 9.59 Å². The normalized spacial score (nSPS) is 18.3. The average molecular weight is 497 g/mol. The Morgan fingerprint density at radius 1 is 1.17 bits per heavy atom. The van der Waals surface area contributed by atoms with Gasteiger partial charge in [-0.2, -0.15) is 0 Å². The number of anilines is 4. The molecule has 1 atom stereocenters. The van der Waals surface area contributed by atoms with Crippen LogP contribution in [0.1, 0.15) is 35.2 Å². The zero-order valence-corrected chi connectivity index (χ0v) is 20.6. The van der Waals surface area contributed by atoms with Crippen molar-refractivity contribution in [2.75, 3.05) is 54.9 Å². The maximum absolute atomic E-state index is 15.3. The van der Waals surface area contributed by atoms with Gasteiger partial charge in [0.15, 0.2) is 11.6 Å². The van der Waals surface area contributed by atoms with Crippen molar-refractivity contribution in [2.24, 2.45) is 5.73 Å². The molecule has 0 aliphatic carbocycles. The van der Waals surface area contributed by atoms with Crippen molar-refractivity contribution >= 4 is 34.8 Å². The Balaban J connectivity index is 1.58. The molecule has 36 heavy (non-hydrogen) atoms. The van der Waals surface area contributed by atoms with Crippen LogP contribution in [0, 0.1) is 12.7 Å². The number of nitrogens with zero attached hydrogens (tertiary/aromatic N) is 3. The summed E-state index contributed by atoms with van der Waals surface area (Å²) in [6.07, 6.45) is 3.80. The van der Waals surface area contributed by atoms with Gasteiger partial charge in [0.25, 0.3) is 5.91 Å². The molecule has 0 spiro atoms. The van der Waals surface area contributed by atoms with Gasteiger partial charge in [-0.1, -0.05) is 6.58 Å². The Labute approximate surface area is 210 Å². The second kappa shape index (κ2) is 11.4.